The number of para-hydroxylation sites is 8. The Morgan fingerprint density at radius 1 is 0.304 bits per heavy atom. The van der Waals surface area contributed by atoms with Gasteiger partial charge in [-0.3, -0.25) is 18.3 Å². The maximum atomic E-state index is 11.3. The number of thiocyanates is 1. The van der Waals surface area contributed by atoms with E-state index in [1.807, 2.05) is 146 Å². The number of pyridine rings is 1. The molecule has 10 nitrogen and oxygen atoms in total. The zero-order valence-electron chi connectivity index (χ0n) is 36.7. The van der Waals surface area contributed by atoms with Gasteiger partial charge in [0.05, 0.1) is 54.7 Å². The maximum absolute atomic E-state index is 11.3. The first-order valence-corrected chi connectivity index (χ1v) is 23.3. The Bertz CT molecular complexity index is 4110. The number of hydrogen-bond acceptors (Lipinski definition) is 7. The summed E-state index contributed by atoms with van der Waals surface area (Å²) in [4.78, 5) is 28.2. The lowest BCUT2D eigenvalue weighted by Crippen LogP contribution is -2.17. The van der Waals surface area contributed by atoms with Crippen molar-refractivity contribution >= 4 is 55.9 Å². The molecule has 5 aromatic heterocycles. The van der Waals surface area contributed by atoms with E-state index in [1.165, 1.54) is 0 Å². The molecule has 0 saturated carbocycles. The van der Waals surface area contributed by atoms with E-state index >= 15 is 0 Å². The van der Waals surface area contributed by atoms with Crippen LogP contribution in [-0.2, 0) is 0 Å². The third kappa shape index (κ3) is 6.53. The van der Waals surface area contributed by atoms with Gasteiger partial charge in [-0.2, -0.15) is 5.26 Å². The van der Waals surface area contributed by atoms with Crippen LogP contribution in [0.25, 0.3) is 113 Å². The molecule has 0 aliphatic heterocycles. The van der Waals surface area contributed by atoms with Gasteiger partial charge >= 0.3 is 0 Å². The molecular formula is C58H36N10S. The molecular weight excluding hydrogens is 869 g/mol. The lowest BCUT2D eigenvalue weighted by Gasteiger charge is -2.26. The second-order valence-corrected chi connectivity index (χ2v) is 17.3. The number of fused-ring (bicyclic) bond motifs is 4. The average molecular weight is 905 g/mol. The Balaban J connectivity index is 1.33. The van der Waals surface area contributed by atoms with E-state index in [1.54, 1.807) is 0 Å². The van der Waals surface area contributed by atoms with Gasteiger partial charge in [0.15, 0.2) is 11.6 Å². The lowest BCUT2D eigenvalue weighted by atomic mass is 10.1. The molecule has 0 saturated heterocycles. The summed E-state index contributed by atoms with van der Waals surface area (Å²) in [5.74, 6) is 3.78. The van der Waals surface area contributed by atoms with Gasteiger partial charge in [-0.25, -0.2) is 24.9 Å². The first-order valence-electron chi connectivity index (χ1n) is 22.5. The molecule has 0 aliphatic rings. The smallest absolute Gasteiger partial charge is 0.168 e. The minimum absolute atomic E-state index is 0.502. The fourth-order valence-corrected chi connectivity index (χ4v) is 10.1. The van der Waals surface area contributed by atoms with Crippen LogP contribution in [0.1, 0.15) is 0 Å². The highest BCUT2D eigenvalue weighted by Crippen LogP contribution is 2.47. The van der Waals surface area contributed by atoms with Crippen LogP contribution in [0.4, 0.5) is 0 Å². The fourth-order valence-electron chi connectivity index (χ4n) is 9.49. The highest BCUT2D eigenvalue weighted by molar-refractivity contribution is 8.04. The summed E-state index contributed by atoms with van der Waals surface area (Å²) in [5, 5.41) is 13.8. The minimum Gasteiger partial charge on any atom is -0.289 e. The largest absolute Gasteiger partial charge is 0.289 e. The second kappa shape index (κ2) is 16.5. The second-order valence-electron chi connectivity index (χ2n) is 16.5. The third-order valence-corrected chi connectivity index (χ3v) is 13.1. The van der Waals surface area contributed by atoms with Gasteiger partial charge in [0.25, 0.3) is 0 Å². The van der Waals surface area contributed by atoms with Crippen molar-refractivity contribution in [2.75, 3.05) is 0 Å². The van der Waals surface area contributed by atoms with E-state index in [4.69, 9.17) is 24.9 Å². The van der Waals surface area contributed by atoms with Gasteiger partial charge in [-0.1, -0.05) is 170 Å². The van der Waals surface area contributed by atoms with Crippen molar-refractivity contribution in [2.45, 2.75) is 4.90 Å². The fraction of sp³-hybridized carbons (Fsp3) is 0. The van der Waals surface area contributed by atoms with Crippen LogP contribution >= 0.6 is 11.8 Å². The number of rotatable bonds is 9. The van der Waals surface area contributed by atoms with E-state index in [2.05, 4.69) is 96.5 Å². The molecule has 0 N–H and O–H groups in total. The highest BCUT2D eigenvalue weighted by Gasteiger charge is 2.34. The number of imidazole rings is 4. The topological polar surface area (TPSA) is 108 Å². The molecule has 13 aromatic rings. The first kappa shape index (κ1) is 39.9. The number of aromatic nitrogens is 9. The summed E-state index contributed by atoms with van der Waals surface area (Å²) in [5.41, 5.74) is 11.4. The van der Waals surface area contributed by atoms with Crippen molar-refractivity contribution < 1.29 is 0 Å². The molecule has 0 fully saturated rings. The van der Waals surface area contributed by atoms with Crippen molar-refractivity contribution in [3.05, 3.63) is 218 Å². The predicted molar refractivity (Wildman–Crippen MR) is 276 cm³/mol. The summed E-state index contributed by atoms with van der Waals surface area (Å²) >= 11 is 1.07. The summed E-state index contributed by atoms with van der Waals surface area (Å²) in [6, 6.07) is 73.4. The molecule has 0 aliphatic carbocycles. The zero-order valence-corrected chi connectivity index (χ0v) is 37.5. The molecule has 0 unspecified atom stereocenters. The van der Waals surface area contributed by atoms with Crippen LogP contribution in [0.15, 0.2) is 223 Å². The minimum atomic E-state index is 0.502. The molecule has 0 spiro atoms. The van der Waals surface area contributed by atoms with Gasteiger partial charge < -0.3 is 0 Å². The number of nitriles is 1. The Hall–Kier alpha value is -9.37. The molecule has 0 atom stereocenters. The molecule has 13 rings (SSSR count). The van der Waals surface area contributed by atoms with Gasteiger partial charge in [-0.05, 0) is 60.3 Å². The summed E-state index contributed by atoms with van der Waals surface area (Å²) < 4.78 is 8.69. The van der Waals surface area contributed by atoms with E-state index in [-0.39, 0.29) is 0 Å². The molecule has 0 radical (unpaired) electrons. The van der Waals surface area contributed by atoms with Crippen LogP contribution in [0.2, 0.25) is 0 Å². The molecule has 0 bridgehead atoms. The van der Waals surface area contributed by atoms with Crippen molar-refractivity contribution in [1.29, 1.82) is 5.26 Å². The Labute approximate surface area is 399 Å². The van der Waals surface area contributed by atoms with Gasteiger partial charge in [0.2, 0.25) is 0 Å². The third-order valence-electron chi connectivity index (χ3n) is 12.5. The average Bonchev–Trinajstić information content (AvgIpc) is 4.20. The summed E-state index contributed by atoms with van der Waals surface area (Å²) in [6.07, 6.45) is 0. The normalized spacial score (nSPS) is 11.5. The van der Waals surface area contributed by atoms with E-state index in [0.717, 1.165) is 78.1 Å². The first-order chi connectivity index (χ1) is 34.2. The summed E-state index contributed by atoms with van der Waals surface area (Å²) in [6.45, 7) is 0. The van der Waals surface area contributed by atoms with E-state index < -0.39 is 0 Å². The SMILES string of the molecule is N#CSc1c(-n2c(-c3ccccc3)nc3ccccc32)nc(-n2c(-c3ccccc3)nc3ccccc32)c(-n2c(-c3ccccc3)nc3ccccc32)c1-n1c(-c2ccccc2)nc2ccccc21. The Kier molecular flexibility index (Phi) is 9.55. The molecule has 0 amide bonds. The Morgan fingerprint density at radius 2 is 0.594 bits per heavy atom. The van der Waals surface area contributed by atoms with Crippen LogP contribution < -0.4 is 0 Å². The highest BCUT2D eigenvalue weighted by atomic mass is 32.2. The van der Waals surface area contributed by atoms with Crippen LogP contribution in [0.5, 0.6) is 0 Å². The van der Waals surface area contributed by atoms with E-state index in [9.17, 15) is 5.26 Å². The maximum Gasteiger partial charge on any atom is 0.168 e. The van der Waals surface area contributed by atoms with Crippen molar-refractivity contribution in [3.63, 3.8) is 0 Å². The van der Waals surface area contributed by atoms with E-state index in [0.29, 0.717) is 51.2 Å². The molecule has 5 heterocycles. The number of hydrogen-bond donors (Lipinski definition) is 0. The van der Waals surface area contributed by atoms with Crippen LogP contribution in [0.3, 0.4) is 0 Å². The molecule has 324 valence electrons. The number of thioether (sulfide) groups is 1. The summed E-state index contributed by atoms with van der Waals surface area (Å²) in [7, 11) is 0. The number of nitrogens with zero attached hydrogens (tertiary/aromatic N) is 10. The van der Waals surface area contributed by atoms with Crippen LogP contribution in [-0.4, -0.2) is 43.2 Å². The predicted octanol–water partition coefficient (Wildman–Crippen LogP) is 13.7. The quantitative estimate of drug-likeness (QED) is 0.105. The van der Waals surface area contributed by atoms with Crippen molar-refractivity contribution in [3.8, 4) is 74.0 Å². The monoisotopic (exact) mass is 904 g/mol. The van der Waals surface area contributed by atoms with Gasteiger partial charge in [0.1, 0.15) is 34.4 Å². The lowest BCUT2D eigenvalue weighted by molar-refractivity contribution is 0.889. The molecule has 11 heteroatoms. The molecule has 69 heavy (non-hydrogen) atoms. The Morgan fingerprint density at radius 3 is 0.957 bits per heavy atom. The van der Waals surface area contributed by atoms with Gasteiger partial charge in [-0.15, -0.1) is 0 Å². The zero-order chi connectivity index (χ0) is 45.8. The number of benzene rings is 8. The van der Waals surface area contributed by atoms with Crippen molar-refractivity contribution in [2.24, 2.45) is 0 Å². The van der Waals surface area contributed by atoms with Crippen LogP contribution in [0, 0.1) is 10.7 Å². The standard InChI is InChI=1S/C58H36N10S/c59-37-69-52-50(65-46-33-17-13-29-42(46)60-53(65)38-21-5-1-6-22-38)51(66-47-34-18-14-30-43(47)61-54(66)39-23-7-2-8-24-39)57(67-48-35-19-15-31-44(48)62-55(67)40-25-9-3-10-26-40)64-58(52)68-49-36-20-16-32-45(49)63-56(68)41-27-11-4-12-28-41/h1-36H. The van der Waals surface area contributed by atoms with Gasteiger partial charge in [0, 0.05) is 22.3 Å². The molecule has 8 aromatic carbocycles. The van der Waals surface area contributed by atoms with Crippen molar-refractivity contribution in [1.82, 2.24) is 43.2 Å².